The van der Waals surface area contributed by atoms with E-state index in [-0.39, 0.29) is 11.9 Å². The number of methoxy groups -OCH3 is 1. The van der Waals surface area contributed by atoms with E-state index in [0.29, 0.717) is 6.54 Å². The number of esters is 1. The van der Waals surface area contributed by atoms with Crippen molar-refractivity contribution in [1.82, 2.24) is 4.98 Å². The Labute approximate surface area is 110 Å². The topological polar surface area (TPSA) is 42.4 Å². The molecule has 94 valence electrons. The number of rotatable bonds is 4. The molecule has 0 saturated heterocycles. The molecule has 1 heterocycles. The highest BCUT2D eigenvalue weighted by atomic mass is 79.9. The molecule has 1 rings (SSSR count). The van der Waals surface area contributed by atoms with Gasteiger partial charge in [-0.1, -0.05) is 6.92 Å². The molecule has 0 saturated carbocycles. The lowest BCUT2D eigenvalue weighted by molar-refractivity contribution is -0.144. The van der Waals surface area contributed by atoms with Crippen LogP contribution >= 0.6 is 15.9 Å². The van der Waals surface area contributed by atoms with Gasteiger partial charge in [0.2, 0.25) is 0 Å². The van der Waals surface area contributed by atoms with Crippen molar-refractivity contribution in [3.05, 3.63) is 22.3 Å². The van der Waals surface area contributed by atoms with Crippen LogP contribution in [0.1, 0.15) is 12.5 Å². The fraction of sp³-hybridized carbons (Fsp3) is 0.500. The zero-order valence-electron chi connectivity index (χ0n) is 10.5. The van der Waals surface area contributed by atoms with Gasteiger partial charge in [0.05, 0.1) is 13.0 Å². The number of nitrogens with zero attached hydrogens (tertiary/aromatic N) is 2. The number of anilines is 1. The average molecular weight is 301 g/mol. The van der Waals surface area contributed by atoms with E-state index in [9.17, 15) is 4.79 Å². The molecule has 5 heteroatoms. The second kappa shape index (κ2) is 6.00. The van der Waals surface area contributed by atoms with E-state index in [0.717, 1.165) is 15.9 Å². The molecular formula is C12H17BrN2O2. The van der Waals surface area contributed by atoms with Crippen molar-refractivity contribution >= 4 is 27.7 Å². The number of aromatic nitrogens is 1. The summed E-state index contributed by atoms with van der Waals surface area (Å²) in [6, 6.07) is 1.98. The Bertz CT molecular complexity index is 409. The van der Waals surface area contributed by atoms with Crippen LogP contribution in [0.4, 0.5) is 5.82 Å². The molecule has 0 aliphatic carbocycles. The lowest BCUT2D eigenvalue weighted by Gasteiger charge is -2.21. The van der Waals surface area contributed by atoms with Gasteiger partial charge in [-0.3, -0.25) is 4.79 Å². The molecular weight excluding hydrogens is 284 g/mol. The Hall–Kier alpha value is -1.10. The van der Waals surface area contributed by atoms with Gasteiger partial charge in [-0.2, -0.15) is 0 Å². The zero-order chi connectivity index (χ0) is 13.0. The minimum absolute atomic E-state index is 0.171. The smallest absolute Gasteiger partial charge is 0.310 e. The van der Waals surface area contributed by atoms with Crippen LogP contribution in [0, 0.1) is 12.8 Å². The minimum Gasteiger partial charge on any atom is -0.469 e. The molecule has 0 amide bonds. The fourth-order valence-corrected chi connectivity index (χ4v) is 1.73. The van der Waals surface area contributed by atoms with E-state index >= 15 is 0 Å². The predicted molar refractivity (Wildman–Crippen MR) is 71.1 cm³/mol. The van der Waals surface area contributed by atoms with Crippen LogP contribution in [-0.2, 0) is 9.53 Å². The second-order valence-corrected chi connectivity index (χ2v) is 4.95. The number of aryl methyl sites for hydroxylation is 1. The van der Waals surface area contributed by atoms with Crippen molar-refractivity contribution in [2.45, 2.75) is 13.8 Å². The Morgan fingerprint density at radius 3 is 2.82 bits per heavy atom. The van der Waals surface area contributed by atoms with Crippen molar-refractivity contribution in [3.63, 3.8) is 0 Å². The average Bonchev–Trinajstić information content (AvgIpc) is 2.31. The normalized spacial score (nSPS) is 12.1. The molecule has 0 radical (unpaired) electrons. The first-order valence-electron chi connectivity index (χ1n) is 5.36. The molecule has 4 nitrogen and oxygen atoms in total. The Balaban J connectivity index is 2.72. The second-order valence-electron chi connectivity index (χ2n) is 4.10. The Morgan fingerprint density at radius 1 is 1.65 bits per heavy atom. The van der Waals surface area contributed by atoms with E-state index < -0.39 is 0 Å². The Morgan fingerprint density at radius 2 is 2.29 bits per heavy atom. The van der Waals surface area contributed by atoms with Crippen LogP contribution in [0.25, 0.3) is 0 Å². The van der Waals surface area contributed by atoms with E-state index in [1.54, 1.807) is 6.20 Å². The molecule has 17 heavy (non-hydrogen) atoms. The summed E-state index contributed by atoms with van der Waals surface area (Å²) in [5.74, 6) is 0.475. The molecule has 0 bridgehead atoms. The lowest BCUT2D eigenvalue weighted by atomic mass is 10.1. The van der Waals surface area contributed by atoms with Gasteiger partial charge in [-0.05, 0) is 34.5 Å². The zero-order valence-corrected chi connectivity index (χ0v) is 12.1. The largest absolute Gasteiger partial charge is 0.469 e. The van der Waals surface area contributed by atoms with E-state index in [2.05, 4.69) is 20.9 Å². The summed E-state index contributed by atoms with van der Waals surface area (Å²) >= 11 is 3.41. The number of carbonyl (C=O) groups is 1. The maximum atomic E-state index is 11.3. The first kappa shape index (κ1) is 14.0. The molecule has 0 spiro atoms. The van der Waals surface area contributed by atoms with Gasteiger partial charge in [0.15, 0.2) is 0 Å². The number of ether oxygens (including phenoxy) is 1. The van der Waals surface area contributed by atoms with Gasteiger partial charge in [0.25, 0.3) is 0 Å². The van der Waals surface area contributed by atoms with Gasteiger partial charge in [0, 0.05) is 24.3 Å². The summed E-state index contributed by atoms with van der Waals surface area (Å²) in [5, 5.41) is 0. The summed E-state index contributed by atoms with van der Waals surface area (Å²) in [7, 11) is 3.32. The molecule has 1 atom stereocenters. The summed E-state index contributed by atoms with van der Waals surface area (Å²) in [5.41, 5.74) is 1.12. The van der Waals surface area contributed by atoms with E-state index in [1.807, 2.05) is 31.9 Å². The van der Waals surface area contributed by atoms with Crippen LogP contribution in [0.2, 0.25) is 0 Å². The standard InChI is InChI=1S/C12H17BrN2O2/c1-8-5-11(14-6-10(8)13)15(3)7-9(2)12(16)17-4/h5-6,9H,7H2,1-4H3. The maximum Gasteiger partial charge on any atom is 0.310 e. The number of hydrogen-bond acceptors (Lipinski definition) is 4. The van der Waals surface area contributed by atoms with Crippen LogP contribution in [0.3, 0.4) is 0 Å². The van der Waals surface area contributed by atoms with Crippen molar-refractivity contribution in [3.8, 4) is 0 Å². The molecule has 0 aliphatic rings. The maximum absolute atomic E-state index is 11.3. The number of halogens is 1. The van der Waals surface area contributed by atoms with Crippen molar-refractivity contribution < 1.29 is 9.53 Å². The molecule has 0 aliphatic heterocycles. The van der Waals surface area contributed by atoms with Gasteiger partial charge in [-0.15, -0.1) is 0 Å². The highest BCUT2D eigenvalue weighted by molar-refractivity contribution is 9.10. The summed E-state index contributed by atoms with van der Waals surface area (Å²) in [6.07, 6.45) is 1.77. The van der Waals surface area contributed by atoms with Crippen LogP contribution in [-0.4, -0.2) is 31.7 Å². The monoisotopic (exact) mass is 300 g/mol. The van der Waals surface area contributed by atoms with Crippen molar-refractivity contribution in [2.24, 2.45) is 5.92 Å². The van der Waals surface area contributed by atoms with Gasteiger partial charge < -0.3 is 9.64 Å². The number of hydrogen-bond donors (Lipinski definition) is 0. The predicted octanol–water partition coefficient (Wildman–Crippen LogP) is 2.40. The summed E-state index contributed by atoms with van der Waals surface area (Å²) in [4.78, 5) is 17.6. The third-order valence-electron chi connectivity index (χ3n) is 2.57. The third kappa shape index (κ3) is 3.70. The summed E-state index contributed by atoms with van der Waals surface area (Å²) < 4.78 is 5.68. The van der Waals surface area contributed by atoms with Gasteiger partial charge >= 0.3 is 5.97 Å². The first-order chi connectivity index (χ1) is 7.95. The van der Waals surface area contributed by atoms with Crippen molar-refractivity contribution in [2.75, 3.05) is 25.6 Å². The molecule has 1 unspecified atom stereocenters. The molecule has 1 aromatic rings. The summed E-state index contributed by atoms with van der Waals surface area (Å²) in [6.45, 7) is 4.43. The Kier molecular flexibility index (Phi) is 4.93. The SMILES string of the molecule is COC(=O)C(C)CN(C)c1cc(C)c(Br)cn1. The first-order valence-corrected chi connectivity index (χ1v) is 6.16. The van der Waals surface area contributed by atoms with Crippen LogP contribution in [0.15, 0.2) is 16.7 Å². The van der Waals surface area contributed by atoms with Crippen molar-refractivity contribution in [1.29, 1.82) is 0 Å². The third-order valence-corrected chi connectivity index (χ3v) is 3.41. The van der Waals surface area contributed by atoms with Crippen LogP contribution in [0.5, 0.6) is 0 Å². The molecule has 0 fully saturated rings. The highest BCUT2D eigenvalue weighted by Gasteiger charge is 2.16. The highest BCUT2D eigenvalue weighted by Crippen LogP contribution is 2.19. The van der Waals surface area contributed by atoms with E-state index in [4.69, 9.17) is 4.74 Å². The number of carbonyl (C=O) groups excluding carboxylic acids is 1. The van der Waals surface area contributed by atoms with Gasteiger partial charge in [0.1, 0.15) is 5.82 Å². The fourth-order valence-electron chi connectivity index (χ4n) is 1.51. The molecule has 0 aromatic carbocycles. The van der Waals surface area contributed by atoms with Crippen LogP contribution < -0.4 is 4.90 Å². The van der Waals surface area contributed by atoms with Gasteiger partial charge in [-0.25, -0.2) is 4.98 Å². The molecule has 1 aromatic heterocycles. The quantitative estimate of drug-likeness (QED) is 0.801. The van der Waals surface area contributed by atoms with E-state index in [1.165, 1.54) is 7.11 Å². The lowest BCUT2D eigenvalue weighted by Crippen LogP contribution is -2.29. The number of pyridine rings is 1. The minimum atomic E-state index is -0.203. The molecule has 0 N–H and O–H groups in total.